The van der Waals surface area contributed by atoms with E-state index < -0.39 is 20.3 Å². The van der Waals surface area contributed by atoms with Gasteiger partial charge in [0.25, 0.3) is 5.91 Å². The molecule has 0 radical (unpaired) electrons. The van der Waals surface area contributed by atoms with Gasteiger partial charge in [-0.3, -0.25) is 14.5 Å². The van der Waals surface area contributed by atoms with E-state index in [9.17, 15) is 14.4 Å². The molecule has 2 atom stereocenters. The number of nitrogens with zero attached hydrogens (tertiary/aromatic N) is 5. The number of thioether (sulfide) groups is 2. The molecule has 34 heavy (non-hydrogen) atoms. The number of nitrogens with one attached hydrogen (secondary N) is 1. The molecule has 180 valence electrons. The van der Waals surface area contributed by atoms with E-state index in [1.807, 2.05) is 50.0 Å². The number of tetrazole rings is 1. The van der Waals surface area contributed by atoms with Crippen molar-refractivity contribution in [3.05, 3.63) is 47.2 Å². The maximum Gasteiger partial charge on any atom is 0.341 e. The molecule has 1 fully saturated rings. The summed E-state index contributed by atoms with van der Waals surface area (Å²) in [5, 5.41) is 14.5. The largest absolute Gasteiger partial charge is 0.515 e. The molecule has 1 aromatic carbocycles. The number of amides is 2. The number of aryl methyl sites for hydroxylation is 1. The molecule has 1 aromatic heterocycles. The summed E-state index contributed by atoms with van der Waals surface area (Å²) in [4.78, 5) is 40.3. The normalized spacial score (nSPS) is 20.0. The van der Waals surface area contributed by atoms with Gasteiger partial charge in [0.15, 0.2) is 0 Å². The summed E-state index contributed by atoms with van der Waals surface area (Å²) in [5.41, 5.74) is 1.95. The molecule has 2 aromatic rings. The number of hydrogen-bond donors (Lipinski definition) is 1. The van der Waals surface area contributed by atoms with Crippen LogP contribution in [0, 0.1) is 0 Å². The van der Waals surface area contributed by atoms with Crippen molar-refractivity contribution >= 4 is 49.6 Å². The third-order valence-corrected chi connectivity index (χ3v) is 8.35. The highest BCUT2D eigenvalue weighted by Gasteiger charge is 2.54. The summed E-state index contributed by atoms with van der Waals surface area (Å²) in [5.74, 6) is -0.0362. The first kappa shape index (κ1) is 24.5. The maximum absolute atomic E-state index is 13.2. The number of fused-ring (bicyclic) bond motifs is 1. The third kappa shape index (κ3) is 5.36. The first-order valence-electron chi connectivity index (χ1n) is 10.7. The van der Waals surface area contributed by atoms with Crippen LogP contribution in [0.2, 0.25) is 19.6 Å². The fourth-order valence-corrected chi connectivity index (χ4v) is 6.60. The minimum absolute atomic E-state index is 0.190. The van der Waals surface area contributed by atoms with Crippen molar-refractivity contribution in [1.29, 1.82) is 0 Å². The van der Waals surface area contributed by atoms with Gasteiger partial charge in [-0.1, -0.05) is 42.1 Å². The fourth-order valence-electron chi connectivity index (χ4n) is 3.61. The molecule has 2 aliphatic rings. The summed E-state index contributed by atoms with van der Waals surface area (Å²) < 4.78 is 7.31. The Morgan fingerprint density at radius 3 is 2.65 bits per heavy atom. The summed E-state index contributed by atoms with van der Waals surface area (Å²) in [6, 6.07) is 8.69. The Balaban J connectivity index is 1.51. The monoisotopic (exact) mass is 518 g/mol. The van der Waals surface area contributed by atoms with Crippen LogP contribution in [0.4, 0.5) is 0 Å². The Morgan fingerprint density at radius 2 is 2.00 bits per heavy atom. The van der Waals surface area contributed by atoms with E-state index >= 15 is 0 Å². The molecular formula is C21H26N6O4S2Si. The van der Waals surface area contributed by atoms with Crippen molar-refractivity contribution in [3.63, 3.8) is 0 Å². The Bertz CT molecular complexity index is 1130. The topological polar surface area (TPSA) is 119 Å². The summed E-state index contributed by atoms with van der Waals surface area (Å²) in [6.07, 6.45) is 0.190. The highest BCUT2D eigenvalue weighted by molar-refractivity contribution is 8.01. The average molecular weight is 519 g/mol. The first-order valence-corrected chi connectivity index (χ1v) is 16.2. The SMILES string of the molecule is Cn1nnnc1SCC1=C(C(=O)O[Si](C)(C)C)N2C(=O)C(NC(=O)Cc3ccccc3)C2SC1. The molecule has 4 rings (SSSR count). The van der Waals surface area contributed by atoms with Crippen LogP contribution < -0.4 is 5.32 Å². The molecule has 3 heterocycles. The zero-order valence-corrected chi connectivity index (χ0v) is 22.0. The Morgan fingerprint density at radius 1 is 1.26 bits per heavy atom. The van der Waals surface area contributed by atoms with E-state index in [4.69, 9.17) is 4.43 Å². The lowest BCUT2D eigenvalue weighted by Crippen LogP contribution is -2.71. The molecule has 0 spiro atoms. The molecule has 1 N–H and O–H groups in total. The number of hydrogen-bond acceptors (Lipinski definition) is 9. The van der Waals surface area contributed by atoms with E-state index in [0.29, 0.717) is 16.7 Å². The second-order valence-electron chi connectivity index (χ2n) is 8.95. The van der Waals surface area contributed by atoms with Gasteiger partial charge in [0, 0.05) is 18.6 Å². The standard InChI is InChI=1S/C21H26N6O4S2Si/c1-26-21(23-24-25-26)33-12-14-11-32-19-16(22-15(28)10-13-8-6-5-7-9-13)18(29)27(19)17(14)20(30)31-34(2,3)4/h5-9,16,19H,10-12H2,1-4H3,(H,22,28). The van der Waals surface area contributed by atoms with Gasteiger partial charge in [0.1, 0.15) is 17.1 Å². The van der Waals surface area contributed by atoms with Crippen LogP contribution in [-0.2, 0) is 32.3 Å². The minimum Gasteiger partial charge on any atom is -0.515 e. The predicted octanol–water partition coefficient (Wildman–Crippen LogP) is 1.58. The maximum atomic E-state index is 13.2. The lowest BCUT2D eigenvalue weighted by molar-refractivity contribution is -0.150. The zero-order valence-electron chi connectivity index (χ0n) is 19.3. The lowest BCUT2D eigenvalue weighted by Gasteiger charge is -2.50. The lowest BCUT2D eigenvalue weighted by atomic mass is 10.0. The Hall–Kier alpha value is -2.64. The average Bonchev–Trinajstić information content (AvgIpc) is 3.19. The van der Waals surface area contributed by atoms with Gasteiger partial charge >= 0.3 is 5.97 Å². The van der Waals surface area contributed by atoms with Gasteiger partial charge in [0.2, 0.25) is 19.4 Å². The van der Waals surface area contributed by atoms with E-state index in [1.54, 1.807) is 11.7 Å². The molecule has 13 heteroatoms. The molecular weight excluding hydrogens is 492 g/mol. The fraction of sp³-hybridized carbons (Fsp3) is 0.429. The molecule has 10 nitrogen and oxygen atoms in total. The highest BCUT2D eigenvalue weighted by Crippen LogP contribution is 2.42. The molecule has 1 saturated heterocycles. The number of rotatable bonds is 8. The van der Waals surface area contributed by atoms with Gasteiger partial charge in [-0.05, 0) is 41.2 Å². The van der Waals surface area contributed by atoms with Gasteiger partial charge in [-0.2, -0.15) is 0 Å². The van der Waals surface area contributed by atoms with Crippen LogP contribution >= 0.6 is 23.5 Å². The highest BCUT2D eigenvalue weighted by atomic mass is 32.2. The van der Waals surface area contributed by atoms with Crippen molar-refractivity contribution < 1.29 is 18.8 Å². The number of carbonyl (C=O) groups is 3. The predicted molar refractivity (Wildman–Crippen MR) is 131 cm³/mol. The van der Waals surface area contributed by atoms with Gasteiger partial charge in [-0.15, -0.1) is 16.9 Å². The number of carbonyl (C=O) groups excluding carboxylic acids is 3. The number of benzene rings is 1. The van der Waals surface area contributed by atoms with Crippen molar-refractivity contribution in [2.45, 2.75) is 42.6 Å². The van der Waals surface area contributed by atoms with Gasteiger partial charge in [0.05, 0.1) is 6.42 Å². The molecule has 0 saturated carbocycles. The van der Waals surface area contributed by atoms with Gasteiger partial charge in [-0.25, -0.2) is 9.48 Å². The van der Waals surface area contributed by atoms with E-state index in [0.717, 1.165) is 11.1 Å². The van der Waals surface area contributed by atoms with Crippen LogP contribution in [0.3, 0.4) is 0 Å². The number of aromatic nitrogens is 4. The molecule has 2 unspecified atom stereocenters. The summed E-state index contributed by atoms with van der Waals surface area (Å²) >= 11 is 2.92. The quantitative estimate of drug-likeness (QED) is 0.315. The van der Waals surface area contributed by atoms with Crippen LogP contribution in [0.5, 0.6) is 0 Å². The Kier molecular flexibility index (Phi) is 7.14. The van der Waals surface area contributed by atoms with Crippen LogP contribution in [0.25, 0.3) is 0 Å². The van der Waals surface area contributed by atoms with Crippen molar-refractivity contribution in [2.24, 2.45) is 7.05 Å². The zero-order chi connectivity index (χ0) is 24.5. The molecule has 2 amide bonds. The molecule has 0 aliphatic carbocycles. The number of β-lactam (4-membered cyclic amide) rings is 1. The second kappa shape index (κ2) is 9.92. The second-order valence-corrected chi connectivity index (χ2v) is 15.4. The first-order chi connectivity index (χ1) is 16.1. The van der Waals surface area contributed by atoms with Crippen LogP contribution in [0.15, 0.2) is 46.8 Å². The summed E-state index contributed by atoms with van der Waals surface area (Å²) in [7, 11) is -0.456. The van der Waals surface area contributed by atoms with Crippen LogP contribution in [0.1, 0.15) is 5.56 Å². The van der Waals surface area contributed by atoms with Crippen molar-refractivity contribution in [2.75, 3.05) is 11.5 Å². The third-order valence-electron chi connectivity index (χ3n) is 5.12. The van der Waals surface area contributed by atoms with Gasteiger partial charge < -0.3 is 9.74 Å². The smallest absolute Gasteiger partial charge is 0.341 e. The van der Waals surface area contributed by atoms with Crippen molar-refractivity contribution in [1.82, 2.24) is 30.4 Å². The Labute approximate surface area is 207 Å². The van der Waals surface area contributed by atoms with E-state index in [1.165, 1.54) is 28.4 Å². The van der Waals surface area contributed by atoms with Crippen molar-refractivity contribution in [3.8, 4) is 0 Å². The minimum atomic E-state index is -2.20. The van der Waals surface area contributed by atoms with E-state index in [-0.39, 0.29) is 29.3 Å². The van der Waals surface area contributed by atoms with E-state index in [2.05, 4.69) is 20.8 Å². The molecule has 0 bridgehead atoms. The van der Waals surface area contributed by atoms with Crippen LogP contribution in [-0.4, -0.2) is 74.1 Å². The molecule has 2 aliphatic heterocycles. The summed E-state index contributed by atoms with van der Waals surface area (Å²) in [6.45, 7) is 5.76.